The van der Waals surface area contributed by atoms with Crippen molar-refractivity contribution in [2.24, 2.45) is 0 Å². The molecule has 0 spiro atoms. The maximum Gasteiger partial charge on any atom is 0.335 e. The molecular weight excluding hydrogens is 266 g/mol. The molecule has 104 valence electrons. The second kappa shape index (κ2) is 5.13. The van der Waals surface area contributed by atoms with Gasteiger partial charge >= 0.3 is 5.97 Å². The van der Waals surface area contributed by atoms with E-state index in [9.17, 15) is 4.79 Å². The standard InChI is InChI=1S/C16H13N3O2/c17-13-5-3-11(16(20)21)9-15(13)19-12-4-6-14-10(8-12)2-1-7-18-14/h1-9,19H,17H2,(H,20,21). The fourth-order valence-corrected chi connectivity index (χ4v) is 2.11. The highest BCUT2D eigenvalue weighted by atomic mass is 16.4. The number of nitrogens with one attached hydrogen (secondary N) is 1. The number of aromatic carboxylic acids is 1. The van der Waals surface area contributed by atoms with Crippen molar-refractivity contribution in [1.29, 1.82) is 0 Å². The van der Waals surface area contributed by atoms with Crippen molar-refractivity contribution >= 4 is 33.9 Å². The molecule has 0 unspecified atom stereocenters. The Hall–Kier alpha value is -3.08. The zero-order valence-electron chi connectivity index (χ0n) is 11.1. The summed E-state index contributed by atoms with van der Waals surface area (Å²) in [6.45, 7) is 0. The summed E-state index contributed by atoms with van der Waals surface area (Å²) in [5.74, 6) is -0.985. The van der Waals surface area contributed by atoms with Gasteiger partial charge in [0.1, 0.15) is 0 Å². The van der Waals surface area contributed by atoms with E-state index < -0.39 is 5.97 Å². The van der Waals surface area contributed by atoms with E-state index in [1.54, 1.807) is 12.3 Å². The van der Waals surface area contributed by atoms with E-state index in [1.165, 1.54) is 12.1 Å². The molecule has 0 fully saturated rings. The zero-order valence-corrected chi connectivity index (χ0v) is 11.1. The van der Waals surface area contributed by atoms with E-state index in [4.69, 9.17) is 10.8 Å². The van der Waals surface area contributed by atoms with E-state index in [0.717, 1.165) is 16.6 Å². The van der Waals surface area contributed by atoms with Gasteiger partial charge in [0, 0.05) is 17.3 Å². The number of nitrogen functional groups attached to an aromatic ring is 1. The Kier molecular flexibility index (Phi) is 3.16. The number of nitrogens with zero attached hydrogens (tertiary/aromatic N) is 1. The molecule has 0 aliphatic heterocycles. The largest absolute Gasteiger partial charge is 0.478 e. The van der Waals surface area contributed by atoms with E-state index in [2.05, 4.69) is 10.3 Å². The predicted molar refractivity (Wildman–Crippen MR) is 82.8 cm³/mol. The van der Waals surface area contributed by atoms with Crippen molar-refractivity contribution in [3.63, 3.8) is 0 Å². The number of nitrogens with two attached hydrogens (primary N) is 1. The molecule has 0 saturated heterocycles. The molecule has 0 radical (unpaired) electrons. The molecule has 0 atom stereocenters. The third-order valence-electron chi connectivity index (χ3n) is 3.18. The highest BCUT2D eigenvalue weighted by Gasteiger charge is 2.07. The Morgan fingerprint density at radius 2 is 2.00 bits per heavy atom. The third-order valence-corrected chi connectivity index (χ3v) is 3.18. The first-order valence-electron chi connectivity index (χ1n) is 6.38. The summed E-state index contributed by atoms with van der Waals surface area (Å²) in [6, 6.07) is 14.1. The SMILES string of the molecule is Nc1ccc(C(=O)O)cc1Nc1ccc2ncccc2c1. The van der Waals surface area contributed by atoms with Gasteiger partial charge in [-0.3, -0.25) is 4.98 Å². The fourth-order valence-electron chi connectivity index (χ4n) is 2.11. The molecule has 5 heteroatoms. The summed E-state index contributed by atoms with van der Waals surface area (Å²) < 4.78 is 0. The van der Waals surface area contributed by atoms with Crippen molar-refractivity contribution in [3.8, 4) is 0 Å². The first-order chi connectivity index (χ1) is 10.1. The maximum absolute atomic E-state index is 11.0. The molecule has 0 amide bonds. The van der Waals surface area contributed by atoms with Crippen LogP contribution in [0.15, 0.2) is 54.7 Å². The van der Waals surface area contributed by atoms with Crippen molar-refractivity contribution in [1.82, 2.24) is 4.98 Å². The first kappa shape index (κ1) is 12.9. The minimum atomic E-state index is -0.985. The quantitative estimate of drug-likeness (QED) is 0.640. The van der Waals surface area contributed by atoms with E-state index in [-0.39, 0.29) is 5.56 Å². The van der Waals surface area contributed by atoms with Gasteiger partial charge in [-0.25, -0.2) is 4.79 Å². The summed E-state index contributed by atoms with van der Waals surface area (Å²) in [4.78, 5) is 15.3. The van der Waals surface area contributed by atoms with Gasteiger partial charge in [-0.15, -0.1) is 0 Å². The van der Waals surface area contributed by atoms with E-state index in [1.807, 2.05) is 30.3 Å². The van der Waals surface area contributed by atoms with Crippen LogP contribution < -0.4 is 11.1 Å². The van der Waals surface area contributed by atoms with Crippen molar-refractivity contribution < 1.29 is 9.90 Å². The Morgan fingerprint density at radius 3 is 2.81 bits per heavy atom. The summed E-state index contributed by atoms with van der Waals surface area (Å²) in [5, 5.41) is 13.2. The number of anilines is 3. The zero-order chi connectivity index (χ0) is 14.8. The van der Waals surface area contributed by atoms with Gasteiger partial charge < -0.3 is 16.2 Å². The second-order valence-corrected chi connectivity index (χ2v) is 4.64. The van der Waals surface area contributed by atoms with Gasteiger partial charge in [0.2, 0.25) is 0 Å². The normalized spacial score (nSPS) is 10.5. The number of carbonyl (C=O) groups is 1. The minimum absolute atomic E-state index is 0.189. The lowest BCUT2D eigenvalue weighted by molar-refractivity contribution is 0.0697. The lowest BCUT2D eigenvalue weighted by Crippen LogP contribution is -2.01. The van der Waals surface area contributed by atoms with Crippen LogP contribution in [0.1, 0.15) is 10.4 Å². The lowest BCUT2D eigenvalue weighted by atomic mass is 10.1. The average Bonchev–Trinajstić information content (AvgIpc) is 2.49. The Bertz CT molecular complexity index is 831. The average molecular weight is 279 g/mol. The summed E-state index contributed by atoms with van der Waals surface area (Å²) in [5.41, 5.74) is 8.85. The van der Waals surface area contributed by atoms with Gasteiger partial charge in [0.05, 0.1) is 22.5 Å². The highest BCUT2D eigenvalue weighted by molar-refractivity contribution is 5.91. The van der Waals surface area contributed by atoms with Gasteiger partial charge in [0.25, 0.3) is 0 Å². The smallest absolute Gasteiger partial charge is 0.335 e. The minimum Gasteiger partial charge on any atom is -0.478 e. The summed E-state index contributed by atoms with van der Waals surface area (Å²) in [6.07, 6.45) is 1.74. The van der Waals surface area contributed by atoms with Crippen LogP contribution in [0.25, 0.3) is 10.9 Å². The van der Waals surface area contributed by atoms with Crippen LogP contribution in [0, 0.1) is 0 Å². The molecular formula is C16H13N3O2. The number of carboxylic acid groups (broad SMARTS) is 1. The second-order valence-electron chi connectivity index (χ2n) is 4.64. The molecule has 0 aliphatic rings. The van der Waals surface area contributed by atoms with Gasteiger partial charge in [-0.2, -0.15) is 0 Å². The summed E-state index contributed by atoms with van der Waals surface area (Å²) >= 11 is 0. The number of hydrogen-bond acceptors (Lipinski definition) is 4. The number of pyridine rings is 1. The Balaban J connectivity index is 1.98. The summed E-state index contributed by atoms with van der Waals surface area (Å²) in [7, 11) is 0. The molecule has 4 N–H and O–H groups in total. The Labute approximate surface area is 121 Å². The van der Waals surface area contributed by atoms with Crippen LogP contribution in [-0.2, 0) is 0 Å². The number of aromatic nitrogens is 1. The predicted octanol–water partition coefficient (Wildman–Crippen LogP) is 3.26. The molecule has 1 heterocycles. The maximum atomic E-state index is 11.0. The van der Waals surface area contributed by atoms with Gasteiger partial charge in [0.15, 0.2) is 0 Å². The molecule has 0 saturated carbocycles. The van der Waals surface area contributed by atoms with Crippen LogP contribution in [-0.4, -0.2) is 16.1 Å². The molecule has 3 aromatic rings. The van der Waals surface area contributed by atoms with Crippen molar-refractivity contribution in [3.05, 3.63) is 60.3 Å². The topological polar surface area (TPSA) is 88.2 Å². The van der Waals surface area contributed by atoms with Gasteiger partial charge in [-0.05, 0) is 42.5 Å². The monoisotopic (exact) mass is 279 g/mol. The number of benzene rings is 2. The van der Waals surface area contributed by atoms with Crippen molar-refractivity contribution in [2.75, 3.05) is 11.1 Å². The number of carboxylic acids is 1. The molecule has 21 heavy (non-hydrogen) atoms. The molecule has 2 aromatic carbocycles. The van der Waals surface area contributed by atoms with Crippen LogP contribution in [0.2, 0.25) is 0 Å². The molecule has 3 rings (SSSR count). The molecule has 0 bridgehead atoms. The van der Waals surface area contributed by atoms with Gasteiger partial charge in [-0.1, -0.05) is 6.07 Å². The van der Waals surface area contributed by atoms with E-state index in [0.29, 0.717) is 11.4 Å². The van der Waals surface area contributed by atoms with Crippen LogP contribution in [0.5, 0.6) is 0 Å². The number of fused-ring (bicyclic) bond motifs is 1. The highest BCUT2D eigenvalue weighted by Crippen LogP contribution is 2.26. The van der Waals surface area contributed by atoms with Crippen LogP contribution in [0.3, 0.4) is 0 Å². The number of hydrogen-bond donors (Lipinski definition) is 3. The Morgan fingerprint density at radius 1 is 1.14 bits per heavy atom. The molecule has 5 nitrogen and oxygen atoms in total. The van der Waals surface area contributed by atoms with Crippen LogP contribution >= 0.6 is 0 Å². The molecule has 0 aliphatic carbocycles. The third kappa shape index (κ3) is 2.62. The lowest BCUT2D eigenvalue weighted by Gasteiger charge is -2.11. The molecule has 1 aromatic heterocycles. The van der Waals surface area contributed by atoms with Crippen LogP contribution in [0.4, 0.5) is 17.1 Å². The fraction of sp³-hybridized carbons (Fsp3) is 0. The first-order valence-corrected chi connectivity index (χ1v) is 6.38. The number of rotatable bonds is 3. The van der Waals surface area contributed by atoms with Crippen molar-refractivity contribution in [2.45, 2.75) is 0 Å². The van der Waals surface area contributed by atoms with E-state index >= 15 is 0 Å².